The fraction of sp³-hybridized carbons (Fsp3) is 0. The van der Waals surface area contributed by atoms with E-state index in [0.29, 0.717) is 27.5 Å². The van der Waals surface area contributed by atoms with E-state index in [9.17, 15) is 9.59 Å². The number of rotatable bonds is 2. The molecular weight excluding hydrogens is 271 g/mol. The van der Waals surface area contributed by atoms with Gasteiger partial charge in [0.2, 0.25) is 0 Å². The second kappa shape index (κ2) is 4.81. The average molecular weight is 277 g/mol. The maximum absolute atomic E-state index is 11.3. The predicted molar refractivity (Wildman–Crippen MR) is 72.3 cm³/mol. The Balaban J connectivity index is 2.88. The molecule has 18 heavy (non-hydrogen) atoms. The summed E-state index contributed by atoms with van der Waals surface area (Å²) in [6.45, 7) is 0. The molecule has 0 radical (unpaired) electrons. The van der Waals surface area contributed by atoms with Gasteiger partial charge in [-0.25, -0.2) is 0 Å². The summed E-state index contributed by atoms with van der Waals surface area (Å²) in [4.78, 5) is 22.4. The van der Waals surface area contributed by atoms with E-state index in [1.165, 1.54) is 6.07 Å². The number of carbonyl (C=O) groups is 2. The number of terminal acetylenes is 1. The molecule has 0 aliphatic rings. The van der Waals surface area contributed by atoms with Gasteiger partial charge in [-0.1, -0.05) is 12.0 Å². The molecule has 0 bridgehead atoms. The van der Waals surface area contributed by atoms with Crippen LogP contribution in [0.4, 0.5) is 0 Å². The van der Waals surface area contributed by atoms with Crippen molar-refractivity contribution in [3.63, 3.8) is 0 Å². The smallest absolute Gasteiger partial charge is 0.253 e. The second-order valence-electron chi connectivity index (χ2n) is 3.61. The summed E-state index contributed by atoms with van der Waals surface area (Å²) in [5.41, 5.74) is 1.24. The van der Waals surface area contributed by atoms with E-state index in [1.54, 1.807) is 24.3 Å². The molecule has 4 heteroatoms. The minimum atomic E-state index is -0.581. The molecule has 0 saturated carbocycles. The lowest BCUT2D eigenvalue weighted by Gasteiger charge is -2.06. The van der Waals surface area contributed by atoms with Crippen LogP contribution in [0, 0.1) is 12.3 Å². The number of benzene rings is 2. The third-order valence-electron chi connectivity index (χ3n) is 2.61. The van der Waals surface area contributed by atoms with Gasteiger partial charge in [0, 0.05) is 16.7 Å². The maximum Gasteiger partial charge on any atom is 0.253 e. The number of fused-ring (bicyclic) bond motifs is 1. The third-order valence-corrected chi connectivity index (χ3v) is 3.03. The zero-order valence-electron chi connectivity index (χ0n) is 9.04. The van der Waals surface area contributed by atoms with E-state index in [1.807, 2.05) is 0 Å². The minimum Gasteiger partial charge on any atom is -0.276 e. The van der Waals surface area contributed by atoms with Gasteiger partial charge < -0.3 is 0 Å². The van der Waals surface area contributed by atoms with Crippen LogP contribution in [0.25, 0.3) is 10.8 Å². The number of hydrogen-bond donors (Lipinski definition) is 0. The SMILES string of the molecule is C#Cc1ccc(C(=O)Cl)c2ccc(C(=O)Cl)cc12. The molecule has 0 amide bonds. The minimum absolute atomic E-state index is 0.319. The topological polar surface area (TPSA) is 34.1 Å². The predicted octanol–water partition coefficient (Wildman–Crippen LogP) is 3.58. The van der Waals surface area contributed by atoms with E-state index >= 15 is 0 Å². The van der Waals surface area contributed by atoms with Crippen LogP contribution in [-0.2, 0) is 0 Å². The van der Waals surface area contributed by atoms with Crippen molar-refractivity contribution >= 4 is 44.5 Å². The van der Waals surface area contributed by atoms with Crippen molar-refractivity contribution in [2.45, 2.75) is 0 Å². The highest BCUT2D eigenvalue weighted by molar-refractivity contribution is 6.69. The molecule has 0 spiro atoms. The Hall–Kier alpha value is -1.82. The quantitative estimate of drug-likeness (QED) is 0.621. The maximum atomic E-state index is 11.3. The van der Waals surface area contributed by atoms with E-state index < -0.39 is 10.5 Å². The van der Waals surface area contributed by atoms with Crippen molar-refractivity contribution in [3.8, 4) is 12.3 Å². The Labute approximate surface area is 114 Å². The van der Waals surface area contributed by atoms with Crippen molar-refractivity contribution in [3.05, 3.63) is 47.0 Å². The zero-order chi connectivity index (χ0) is 13.3. The summed E-state index contributed by atoms with van der Waals surface area (Å²) in [6, 6.07) is 7.88. The molecule has 88 valence electrons. The third kappa shape index (κ3) is 2.11. The van der Waals surface area contributed by atoms with Gasteiger partial charge in [-0.05, 0) is 58.2 Å². The molecule has 0 heterocycles. The van der Waals surface area contributed by atoms with Gasteiger partial charge in [-0.3, -0.25) is 9.59 Å². The molecule has 0 atom stereocenters. The lowest BCUT2D eigenvalue weighted by atomic mass is 9.98. The van der Waals surface area contributed by atoms with Gasteiger partial charge >= 0.3 is 0 Å². The van der Waals surface area contributed by atoms with Gasteiger partial charge in [0.1, 0.15) is 0 Å². The Morgan fingerprint density at radius 2 is 1.72 bits per heavy atom. The Morgan fingerprint density at radius 3 is 2.28 bits per heavy atom. The average Bonchev–Trinajstić information content (AvgIpc) is 2.36. The molecule has 0 aromatic heterocycles. The molecule has 0 unspecified atom stereocenters. The van der Waals surface area contributed by atoms with Crippen LogP contribution in [0.15, 0.2) is 30.3 Å². The van der Waals surface area contributed by atoms with Crippen molar-refractivity contribution in [2.75, 3.05) is 0 Å². The van der Waals surface area contributed by atoms with Gasteiger partial charge in [0.05, 0.1) is 0 Å². The Morgan fingerprint density at radius 1 is 1.00 bits per heavy atom. The highest BCUT2D eigenvalue weighted by atomic mass is 35.5. The summed E-state index contributed by atoms with van der Waals surface area (Å²) in [6.07, 6.45) is 5.38. The van der Waals surface area contributed by atoms with Gasteiger partial charge in [-0.2, -0.15) is 0 Å². The lowest BCUT2D eigenvalue weighted by molar-refractivity contribution is 0.107. The number of carbonyl (C=O) groups excluding carboxylic acids is 2. The van der Waals surface area contributed by atoms with E-state index in [-0.39, 0.29) is 0 Å². The first-order chi connectivity index (χ1) is 8.54. The summed E-state index contributed by atoms with van der Waals surface area (Å²) in [7, 11) is 0. The molecule has 2 rings (SSSR count). The first kappa shape index (κ1) is 12.6. The fourth-order valence-corrected chi connectivity index (χ4v) is 2.05. The lowest BCUT2D eigenvalue weighted by Crippen LogP contribution is -1.95. The van der Waals surface area contributed by atoms with Crippen LogP contribution in [0.3, 0.4) is 0 Å². The first-order valence-electron chi connectivity index (χ1n) is 4.97. The monoisotopic (exact) mass is 276 g/mol. The second-order valence-corrected chi connectivity index (χ2v) is 4.30. The largest absolute Gasteiger partial charge is 0.276 e. The molecule has 0 aliphatic heterocycles. The highest BCUT2D eigenvalue weighted by Crippen LogP contribution is 2.25. The zero-order valence-corrected chi connectivity index (χ0v) is 10.5. The normalized spacial score (nSPS) is 10.1. The molecule has 0 saturated heterocycles. The Kier molecular flexibility index (Phi) is 3.38. The number of hydrogen-bond acceptors (Lipinski definition) is 2. The van der Waals surface area contributed by atoms with E-state index in [4.69, 9.17) is 29.6 Å². The molecule has 2 aromatic carbocycles. The molecule has 0 aliphatic carbocycles. The summed E-state index contributed by atoms with van der Waals surface area (Å²) < 4.78 is 0. The summed E-state index contributed by atoms with van der Waals surface area (Å²) >= 11 is 10.9. The van der Waals surface area contributed by atoms with Crippen molar-refractivity contribution < 1.29 is 9.59 Å². The van der Waals surface area contributed by atoms with E-state index in [2.05, 4.69) is 5.92 Å². The summed E-state index contributed by atoms with van der Waals surface area (Å²) in [5.74, 6) is 2.49. The van der Waals surface area contributed by atoms with Crippen LogP contribution in [0.2, 0.25) is 0 Å². The standard InChI is InChI=1S/C14H6Cl2O2/c1-2-8-3-6-11(14(16)18)10-5-4-9(13(15)17)7-12(8)10/h1,3-7H. The van der Waals surface area contributed by atoms with Gasteiger partial charge in [-0.15, -0.1) is 6.42 Å². The van der Waals surface area contributed by atoms with Crippen molar-refractivity contribution in [1.29, 1.82) is 0 Å². The van der Waals surface area contributed by atoms with Crippen LogP contribution in [0.1, 0.15) is 26.3 Å². The molecule has 0 fully saturated rings. The molecule has 2 nitrogen and oxygen atoms in total. The van der Waals surface area contributed by atoms with Crippen molar-refractivity contribution in [1.82, 2.24) is 0 Å². The van der Waals surface area contributed by atoms with Gasteiger partial charge in [0.25, 0.3) is 10.5 Å². The number of halogens is 2. The van der Waals surface area contributed by atoms with Gasteiger partial charge in [0.15, 0.2) is 0 Å². The van der Waals surface area contributed by atoms with Crippen LogP contribution >= 0.6 is 23.2 Å². The molecule has 0 N–H and O–H groups in total. The highest BCUT2D eigenvalue weighted by Gasteiger charge is 2.12. The fourth-order valence-electron chi connectivity index (χ4n) is 1.77. The van der Waals surface area contributed by atoms with Crippen LogP contribution in [0.5, 0.6) is 0 Å². The van der Waals surface area contributed by atoms with Crippen LogP contribution in [-0.4, -0.2) is 10.5 Å². The molecular formula is C14H6Cl2O2. The van der Waals surface area contributed by atoms with Crippen molar-refractivity contribution in [2.24, 2.45) is 0 Å². The molecule has 2 aromatic rings. The summed E-state index contributed by atoms with van der Waals surface area (Å²) in [5, 5.41) is 0.0543. The van der Waals surface area contributed by atoms with E-state index in [0.717, 1.165) is 0 Å². The Bertz CT molecular complexity index is 712. The first-order valence-corrected chi connectivity index (χ1v) is 5.73. The van der Waals surface area contributed by atoms with Crippen LogP contribution < -0.4 is 0 Å².